The second-order valence-electron chi connectivity index (χ2n) is 12.2. The number of rotatable bonds is 5. The average Bonchev–Trinajstić information content (AvgIpc) is 3.50. The molecule has 0 radical (unpaired) electrons. The molecule has 1 amide bonds. The minimum atomic E-state index is -0.533. The highest BCUT2D eigenvalue weighted by atomic mass is 32.1. The molecule has 0 aromatic carbocycles. The Morgan fingerprint density at radius 3 is 2.79 bits per heavy atom. The van der Waals surface area contributed by atoms with Gasteiger partial charge in [0.25, 0.3) is 0 Å². The number of aromatic nitrogens is 3. The highest BCUT2D eigenvalue weighted by Crippen LogP contribution is 2.50. The summed E-state index contributed by atoms with van der Waals surface area (Å²) in [5.74, 6) is 1.29. The van der Waals surface area contributed by atoms with Crippen molar-refractivity contribution in [3.8, 4) is 17.5 Å². The Kier molecular flexibility index (Phi) is 8.23. The molecule has 1 aliphatic carbocycles. The first-order valence-corrected chi connectivity index (χ1v) is 15.1. The Hall–Kier alpha value is -3.98. The molecule has 0 saturated carbocycles. The van der Waals surface area contributed by atoms with Crippen LogP contribution in [0.25, 0.3) is 11.4 Å². The van der Waals surface area contributed by atoms with Gasteiger partial charge in [-0.3, -0.25) is 0 Å². The minimum Gasteiger partial charge on any atom is -0.444 e. The van der Waals surface area contributed by atoms with Crippen LogP contribution in [-0.4, -0.2) is 83.2 Å². The average molecular weight is 591 g/mol. The number of hydrogen-bond acceptors (Lipinski definition) is 10. The first kappa shape index (κ1) is 29.5. The zero-order valence-corrected chi connectivity index (χ0v) is 26.0. The molecule has 0 bridgehead atoms. The zero-order valence-electron chi connectivity index (χ0n) is 25.2. The van der Waals surface area contributed by atoms with Crippen LogP contribution >= 0.6 is 11.3 Å². The van der Waals surface area contributed by atoms with Crippen molar-refractivity contribution in [2.24, 2.45) is 4.99 Å². The van der Waals surface area contributed by atoms with Gasteiger partial charge in [0.15, 0.2) is 0 Å². The van der Waals surface area contributed by atoms with Crippen LogP contribution in [-0.2, 0) is 16.6 Å². The summed E-state index contributed by atoms with van der Waals surface area (Å²) in [4.78, 5) is 33.4. The predicted octanol–water partition coefficient (Wildman–Crippen LogP) is 5.38. The molecule has 0 spiro atoms. The van der Waals surface area contributed by atoms with Gasteiger partial charge < -0.3 is 24.0 Å². The number of hydrogen-bond donors (Lipinski definition) is 0. The summed E-state index contributed by atoms with van der Waals surface area (Å²) in [6.45, 7) is 10.2. The van der Waals surface area contributed by atoms with Crippen LogP contribution < -0.4 is 4.90 Å². The molecular formula is C30H38N8O3S. The molecule has 12 heteroatoms. The maximum absolute atomic E-state index is 12.6. The molecule has 1 saturated heterocycles. The van der Waals surface area contributed by atoms with E-state index in [4.69, 9.17) is 14.2 Å². The molecule has 1 fully saturated rings. The number of aliphatic imine (C=N–C) groups is 1. The Labute approximate surface area is 250 Å². The third-order valence-corrected chi connectivity index (χ3v) is 8.66. The number of ether oxygens (including phenoxy) is 1. The number of aryl methyl sites for hydroxylation is 1. The highest BCUT2D eigenvalue weighted by molar-refractivity contribution is 7.16. The van der Waals surface area contributed by atoms with E-state index in [1.54, 1.807) is 28.8 Å². The molecule has 0 unspecified atom stereocenters. The number of carbonyl (C=O) groups is 1. The number of nitriles is 1. The summed E-state index contributed by atoms with van der Waals surface area (Å²) in [7, 11) is 3.82. The Bertz CT molecular complexity index is 1520. The molecule has 4 heterocycles. The van der Waals surface area contributed by atoms with Gasteiger partial charge in [0, 0.05) is 57.4 Å². The van der Waals surface area contributed by atoms with Crippen LogP contribution in [0.5, 0.6) is 0 Å². The number of anilines is 1. The Morgan fingerprint density at radius 1 is 1.24 bits per heavy atom. The summed E-state index contributed by atoms with van der Waals surface area (Å²) in [6.07, 6.45) is 6.68. The van der Waals surface area contributed by atoms with Crippen molar-refractivity contribution >= 4 is 34.7 Å². The van der Waals surface area contributed by atoms with Crippen molar-refractivity contribution in [2.45, 2.75) is 64.4 Å². The van der Waals surface area contributed by atoms with Crippen LogP contribution in [0.1, 0.15) is 68.7 Å². The van der Waals surface area contributed by atoms with Gasteiger partial charge in [0.1, 0.15) is 28.1 Å². The van der Waals surface area contributed by atoms with Crippen LogP contribution in [0.4, 0.5) is 15.7 Å². The van der Waals surface area contributed by atoms with E-state index in [-0.39, 0.29) is 6.09 Å². The number of fused-ring (bicyclic) bond motifs is 1. The quantitative estimate of drug-likeness (QED) is 0.285. The lowest BCUT2D eigenvalue weighted by Crippen LogP contribution is -2.39. The molecule has 11 nitrogen and oxygen atoms in total. The lowest BCUT2D eigenvalue weighted by atomic mass is 9.71. The van der Waals surface area contributed by atoms with E-state index >= 15 is 0 Å². The van der Waals surface area contributed by atoms with Crippen molar-refractivity contribution in [1.82, 2.24) is 24.9 Å². The normalized spacial score (nSPS) is 19.4. The van der Waals surface area contributed by atoms with Gasteiger partial charge in [0.05, 0.1) is 23.0 Å². The van der Waals surface area contributed by atoms with Crippen molar-refractivity contribution in [2.75, 3.05) is 45.2 Å². The molecule has 42 heavy (non-hydrogen) atoms. The molecule has 1 aliphatic heterocycles. The van der Waals surface area contributed by atoms with Crippen LogP contribution in [0.15, 0.2) is 27.8 Å². The number of nitrogens with zero attached hydrogens (tertiary/aromatic N) is 8. The smallest absolute Gasteiger partial charge is 0.410 e. The predicted molar refractivity (Wildman–Crippen MR) is 162 cm³/mol. The number of amides is 1. The second kappa shape index (κ2) is 11.7. The molecule has 3 aromatic rings. The van der Waals surface area contributed by atoms with Gasteiger partial charge in [-0.2, -0.15) is 5.26 Å². The summed E-state index contributed by atoms with van der Waals surface area (Å²) in [5, 5.41) is 15.3. The molecule has 1 atom stereocenters. The van der Waals surface area contributed by atoms with Crippen LogP contribution in [0, 0.1) is 11.3 Å². The van der Waals surface area contributed by atoms with Gasteiger partial charge in [0.2, 0.25) is 5.95 Å². The van der Waals surface area contributed by atoms with Crippen LogP contribution in [0.2, 0.25) is 0 Å². The summed E-state index contributed by atoms with van der Waals surface area (Å²) < 4.78 is 11.5. The first-order chi connectivity index (χ1) is 20.0. The van der Waals surface area contributed by atoms with E-state index in [1.165, 1.54) is 4.88 Å². The van der Waals surface area contributed by atoms with Crippen molar-refractivity contribution < 1.29 is 14.1 Å². The van der Waals surface area contributed by atoms with Gasteiger partial charge in [-0.05, 0) is 65.0 Å². The zero-order chi connectivity index (χ0) is 30.1. The number of thiophene rings is 1. The number of carbonyl (C=O) groups excluding carboxylic acids is 1. The van der Waals surface area contributed by atoms with Crippen molar-refractivity contribution in [1.29, 1.82) is 5.26 Å². The maximum Gasteiger partial charge on any atom is 0.410 e. The first-order valence-electron chi connectivity index (χ1n) is 14.3. The van der Waals surface area contributed by atoms with E-state index in [1.807, 2.05) is 51.9 Å². The van der Waals surface area contributed by atoms with E-state index in [9.17, 15) is 10.1 Å². The van der Waals surface area contributed by atoms with E-state index in [2.05, 4.69) is 33.0 Å². The summed E-state index contributed by atoms with van der Waals surface area (Å²) in [5.41, 5.74) is 1.85. The highest BCUT2D eigenvalue weighted by Gasteiger charge is 2.42. The SMILES string of the molecule is CN(C)/C=N/c1sc2c(c1C#N)[C@@](C)(c1cc(-c3ccnc(N4CCCN(C(=O)OC(C)(C)C)CC4)n3)no1)CCC2. The van der Waals surface area contributed by atoms with Gasteiger partial charge >= 0.3 is 6.09 Å². The molecule has 5 rings (SSSR count). The third-order valence-electron chi connectivity index (χ3n) is 7.50. The fourth-order valence-electron chi connectivity index (χ4n) is 5.49. The Morgan fingerprint density at radius 2 is 2.05 bits per heavy atom. The topological polar surface area (TPSA) is 124 Å². The molecule has 0 N–H and O–H groups in total. The molecule has 2 aliphatic rings. The molecule has 3 aromatic heterocycles. The maximum atomic E-state index is 12.6. The fourth-order valence-corrected chi connectivity index (χ4v) is 6.75. The summed E-state index contributed by atoms with van der Waals surface area (Å²) >= 11 is 1.58. The molecule has 222 valence electrons. The molecular weight excluding hydrogens is 552 g/mol. The van der Waals surface area contributed by atoms with Gasteiger partial charge in [-0.25, -0.2) is 19.8 Å². The van der Waals surface area contributed by atoms with E-state index in [0.717, 1.165) is 42.8 Å². The van der Waals surface area contributed by atoms with Crippen molar-refractivity contribution in [3.63, 3.8) is 0 Å². The van der Waals surface area contributed by atoms with Gasteiger partial charge in [-0.15, -0.1) is 11.3 Å². The minimum absolute atomic E-state index is 0.296. The largest absolute Gasteiger partial charge is 0.444 e. The fraction of sp³-hybridized carbons (Fsp3) is 0.533. The van der Waals surface area contributed by atoms with E-state index < -0.39 is 11.0 Å². The summed E-state index contributed by atoms with van der Waals surface area (Å²) in [6, 6.07) is 6.18. The van der Waals surface area contributed by atoms with Gasteiger partial charge in [-0.1, -0.05) is 5.16 Å². The van der Waals surface area contributed by atoms with E-state index in [0.29, 0.717) is 48.3 Å². The third kappa shape index (κ3) is 6.11. The lowest BCUT2D eigenvalue weighted by Gasteiger charge is -2.31. The Balaban J connectivity index is 1.38. The van der Waals surface area contributed by atoms with Crippen molar-refractivity contribution in [3.05, 3.63) is 40.1 Å². The second-order valence-corrected chi connectivity index (χ2v) is 13.3. The lowest BCUT2D eigenvalue weighted by molar-refractivity contribution is 0.0263. The standard InChI is InChI=1S/C30H38N8O3S/c1-29(2,3)40-28(39)38-14-8-13-37(15-16-38)27-32-12-10-21(34-27)22-17-24(41-35-22)30(4)11-7-9-23-25(30)20(18-31)26(42-23)33-19-36(5)6/h10,12,17,19H,7-9,11,13-16H2,1-6H3/b33-19+/t30-/m1/s1. The monoisotopic (exact) mass is 590 g/mol. The van der Waals surface area contributed by atoms with Crippen LogP contribution in [0.3, 0.4) is 0 Å².